The standard InChI is InChI=1S/C11H16N2O3/c1-2-5-15-6-7-16-11(14)9-3-4-10(12)13-8-9/h3-4,8H,2,5-7H2,1H3,(H2,12,13). The maximum atomic E-state index is 11.4. The van der Waals surface area contributed by atoms with Gasteiger partial charge in [-0.2, -0.15) is 0 Å². The zero-order chi connectivity index (χ0) is 11.8. The monoisotopic (exact) mass is 224 g/mol. The van der Waals surface area contributed by atoms with E-state index in [1.165, 1.54) is 6.20 Å². The molecular formula is C11H16N2O3. The Kier molecular flexibility index (Phi) is 5.28. The number of carbonyl (C=O) groups excluding carboxylic acids is 1. The first kappa shape index (κ1) is 12.4. The van der Waals surface area contributed by atoms with Crippen molar-refractivity contribution in [3.63, 3.8) is 0 Å². The highest BCUT2D eigenvalue weighted by atomic mass is 16.6. The van der Waals surface area contributed by atoms with Crippen LogP contribution in [0.1, 0.15) is 23.7 Å². The molecule has 0 unspecified atom stereocenters. The third-order valence-electron chi connectivity index (χ3n) is 1.83. The summed E-state index contributed by atoms with van der Waals surface area (Å²) >= 11 is 0. The number of pyridine rings is 1. The fourth-order valence-electron chi connectivity index (χ4n) is 1.05. The number of aromatic nitrogens is 1. The molecule has 0 radical (unpaired) electrons. The molecule has 0 saturated carbocycles. The Morgan fingerprint density at radius 1 is 1.38 bits per heavy atom. The molecular weight excluding hydrogens is 208 g/mol. The Balaban J connectivity index is 2.27. The molecule has 0 atom stereocenters. The third kappa shape index (κ3) is 4.27. The van der Waals surface area contributed by atoms with Crippen LogP contribution in [0, 0.1) is 0 Å². The van der Waals surface area contributed by atoms with E-state index in [2.05, 4.69) is 4.98 Å². The van der Waals surface area contributed by atoms with Gasteiger partial charge >= 0.3 is 5.97 Å². The van der Waals surface area contributed by atoms with Gasteiger partial charge in [-0.1, -0.05) is 6.92 Å². The summed E-state index contributed by atoms with van der Waals surface area (Å²) in [5.41, 5.74) is 5.79. The molecule has 0 aromatic carbocycles. The van der Waals surface area contributed by atoms with Crippen molar-refractivity contribution < 1.29 is 14.3 Å². The molecule has 5 nitrogen and oxygen atoms in total. The van der Waals surface area contributed by atoms with E-state index in [0.717, 1.165) is 6.42 Å². The number of ether oxygens (including phenoxy) is 2. The molecule has 0 spiro atoms. The molecule has 16 heavy (non-hydrogen) atoms. The fraction of sp³-hybridized carbons (Fsp3) is 0.455. The van der Waals surface area contributed by atoms with E-state index >= 15 is 0 Å². The maximum absolute atomic E-state index is 11.4. The minimum absolute atomic E-state index is 0.253. The average molecular weight is 224 g/mol. The number of nitrogens with two attached hydrogens (primary N) is 1. The molecule has 1 heterocycles. The summed E-state index contributed by atoms with van der Waals surface area (Å²) in [6.07, 6.45) is 2.35. The second-order valence-corrected chi connectivity index (χ2v) is 3.22. The van der Waals surface area contributed by atoms with Crippen LogP contribution >= 0.6 is 0 Å². The summed E-state index contributed by atoms with van der Waals surface area (Å²) in [5, 5.41) is 0. The molecule has 0 bridgehead atoms. The summed E-state index contributed by atoms with van der Waals surface area (Å²) in [7, 11) is 0. The van der Waals surface area contributed by atoms with Gasteiger partial charge in [0.1, 0.15) is 12.4 Å². The lowest BCUT2D eigenvalue weighted by atomic mass is 10.3. The van der Waals surface area contributed by atoms with Crippen molar-refractivity contribution in [2.24, 2.45) is 0 Å². The molecule has 0 aliphatic heterocycles. The van der Waals surface area contributed by atoms with Crippen LogP contribution in [0.5, 0.6) is 0 Å². The van der Waals surface area contributed by atoms with Crippen LogP contribution in [0.15, 0.2) is 18.3 Å². The summed E-state index contributed by atoms with van der Waals surface area (Å²) in [5.74, 6) is -0.0320. The molecule has 0 saturated heterocycles. The van der Waals surface area contributed by atoms with E-state index in [1.54, 1.807) is 12.1 Å². The first-order chi connectivity index (χ1) is 7.74. The second-order valence-electron chi connectivity index (χ2n) is 3.22. The molecule has 0 aliphatic carbocycles. The molecule has 5 heteroatoms. The number of hydrogen-bond donors (Lipinski definition) is 1. The highest BCUT2D eigenvalue weighted by Crippen LogP contribution is 2.02. The van der Waals surface area contributed by atoms with Crippen LogP contribution < -0.4 is 5.73 Å². The number of esters is 1. The van der Waals surface area contributed by atoms with Gasteiger partial charge in [0.2, 0.25) is 0 Å². The first-order valence-electron chi connectivity index (χ1n) is 5.20. The molecule has 1 aromatic heterocycles. The van der Waals surface area contributed by atoms with Crippen LogP contribution in [-0.2, 0) is 9.47 Å². The normalized spacial score (nSPS) is 10.1. The number of anilines is 1. The Bertz CT molecular complexity index is 325. The van der Waals surface area contributed by atoms with Crippen molar-refractivity contribution in [1.29, 1.82) is 0 Å². The van der Waals surface area contributed by atoms with Crippen LogP contribution in [-0.4, -0.2) is 30.8 Å². The quantitative estimate of drug-likeness (QED) is 0.581. The van der Waals surface area contributed by atoms with E-state index in [4.69, 9.17) is 15.2 Å². The summed E-state index contributed by atoms with van der Waals surface area (Å²) in [4.78, 5) is 15.2. The fourth-order valence-corrected chi connectivity index (χ4v) is 1.05. The van der Waals surface area contributed by atoms with Crippen LogP contribution in [0.3, 0.4) is 0 Å². The Labute approximate surface area is 94.6 Å². The lowest BCUT2D eigenvalue weighted by molar-refractivity contribution is 0.0318. The molecule has 1 aromatic rings. The predicted octanol–water partition coefficient (Wildman–Crippen LogP) is 1.25. The molecule has 2 N–H and O–H groups in total. The Morgan fingerprint density at radius 3 is 2.81 bits per heavy atom. The van der Waals surface area contributed by atoms with Gasteiger partial charge < -0.3 is 15.2 Å². The number of carbonyl (C=O) groups is 1. The molecule has 0 fully saturated rings. The summed E-state index contributed by atoms with van der Waals surface area (Å²) in [6, 6.07) is 3.14. The van der Waals surface area contributed by atoms with E-state index < -0.39 is 5.97 Å². The number of nitrogens with zero attached hydrogens (tertiary/aromatic N) is 1. The van der Waals surface area contributed by atoms with Crippen LogP contribution in [0.25, 0.3) is 0 Å². The molecule has 1 rings (SSSR count). The Morgan fingerprint density at radius 2 is 2.19 bits per heavy atom. The van der Waals surface area contributed by atoms with Crippen molar-refractivity contribution in [3.05, 3.63) is 23.9 Å². The van der Waals surface area contributed by atoms with Crippen LogP contribution in [0.2, 0.25) is 0 Å². The van der Waals surface area contributed by atoms with E-state index in [9.17, 15) is 4.79 Å². The molecule has 88 valence electrons. The topological polar surface area (TPSA) is 74.4 Å². The van der Waals surface area contributed by atoms with Gasteiger partial charge in [-0.05, 0) is 18.6 Å². The molecule has 0 amide bonds. The van der Waals surface area contributed by atoms with Crippen molar-refractivity contribution in [2.75, 3.05) is 25.6 Å². The van der Waals surface area contributed by atoms with E-state index in [-0.39, 0.29) is 6.61 Å². The Hall–Kier alpha value is -1.62. The van der Waals surface area contributed by atoms with Gasteiger partial charge in [-0.15, -0.1) is 0 Å². The summed E-state index contributed by atoms with van der Waals surface area (Å²) in [6.45, 7) is 3.37. The molecule has 0 aliphatic rings. The van der Waals surface area contributed by atoms with Crippen molar-refractivity contribution in [3.8, 4) is 0 Å². The predicted molar refractivity (Wildman–Crippen MR) is 60.0 cm³/mol. The smallest absolute Gasteiger partial charge is 0.339 e. The number of nitrogen functional groups attached to an aromatic ring is 1. The lowest BCUT2D eigenvalue weighted by Crippen LogP contribution is -2.11. The zero-order valence-corrected chi connectivity index (χ0v) is 9.31. The highest BCUT2D eigenvalue weighted by molar-refractivity contribution is 5.89. The number of rotatable bonds is 6. The minimum Gasteiger partial charge on any atom is -0.460 e. The lowest BCUT2D eigenvalue weighted by Gasteiger charge is -2.05. The van der Waals surface area contributed by atoms with Gasteiger partial charge in [-0.25, -0.2) is 9.78 Å². The zero-order valence-electron chi connectivity index (χ0n) is 9.31. The van der Waals surface area contributed by atoms with Gasteiger partial charge in [0, 0.05) is 12.8 Å². The van der Waals surface area contributed by atoms with Crippen molar-refractivity contribution >= 4 is 11.8 Å². The van der Waals surface area contributed by atoms with Crippen LogP contribution in [0.4, 0.5) is 5.82 Å². The third-order valence-corrected chi connectivity index (χ3v) is 1.83. The second kappa shape index (κ2) is 6.79. The van der Waals surface area contributed by atoms with E-state index in [1.807, 2.05) is 6.92 Å². The van der Waals surface area contributed by atoms with Crippen molar-refractivity contribution in [2.45, 2.75) is 13.3 Å². The SMILES string of the molecule is CCCOCCOC(=O)c1ccc(N)nc1. The van der Waals surface area contributed by atoms with Gasteiger partial charge in [-0.3, -0.25) is 0 Å². The average Bonchev–Trinajstić information content (AvgIpc) is 2.29. The van der Waals surface area contributed by atoms with E-state index in [0.29, 0.717) is 24.6 Å². The number of hydrogen-bond acceptors (Lipinski definition) is 5. The minimum atomic E-state index is -0.410. The van der Waals surface area contributed by atoms with Gasteiger partial charge in [0.15, 0.2) is 0 Å². The van der Waals surface area contributed by atoms with Crippen molar-refractivity contribution in [1.82, 2.24) is 4.98 Å². The van der Waals surface area contributed by atoms with Gasteiger partial charge in [0.05, 0.1) is 12.2 Å². The first-order valence-corrected chi connectivity index (χ1v) is 5.20. The maximum Gasteiger partial charge on any atom is 0.339 e. The van der Waals surface area contributed by atoms with Gasteiger partial charge in [0.25, 0.3) is 0 Å². The summed E-state index contributed by atoms with van der Waals surface area (Å²) < 4.78 is 10.1. The highest BCUT2D eigenvalue weighted by Gasteiger charge is 2.06. The largest absolute Gasteiger partial charge is 0.460 e.